The largest absolute Gasteiger partial charge is 0.302 e. The zero-order chi connectivity index (χ0) is 14.8. The molecule has 2 rings (SSSR count). The molecule has 0 aromatic heterocycles. The minimum atomic E-state index is 0.258. The molecule has 3 heteroatoms. The van der Waals surface area contributed by atoms with Crippen LogP contribution in [0.2, 0.25) is 0 Å². The van der Waals surface area contributed by atoms with Crippen molar-refractivity contribution in [1.29, 1.82) is 0 Å². The molecule has 5 unspecified atom stereocenters. The van der Waals surface area contributed by atoms with Crippen LogP contribution in [0.1, 0.15) is 65.2 Å². The first-order valence-corrected chi connectivity index (χ1v) is 8.63. The molecule has 2 aliphatic rings. The number of nitrogens with one attached hydrogen (secondary N) is 1. The predicted octanol–water partition coefficient (Wildman–Crippen LogP) is 3.16. The van der Waals surface area contributed by atoms with Gasteiger partial charge < -0.3 is 4.90 Å². The van der Waals surface area contributed by atoms with Crippen LogP contribution in [0.5, 0.6) is 0 Å². The maximum Gasteiger partial charge on any atom is 0.0422 e. The second-order valence-corrected chi connectivity index (χ2v) is 7.88. The van der Waals surface area contributed by atoms with E-state index in [1.165, 1.54) is 51.4 Å². The van der Waals surface area contributed by atoms with Crippen LogP contribution >= 0.6 is 0 Å². The summed E-state index contributed by atoms with van der Waals surface area (Å²) in [4.78, 5) is 2.48. The molecular formula is C17H35N3. The number of nitrogens with zero attached hydrogens (tertiary/aromatic N) is 1. The highest BCUT2D eigenvalue weighted by Crippen LogP contribution is 2.43. The zero-order valence-corrected chi connectivity index (χ0v) is 14.0. The summed E-state index contributed by atoms with van der Waals surface area (Å²) in [6.07, 6.45) is 10.8. The second-order valence-electron chi connectivity index (χ2n) is 7.88. The van der Waals surface area contributed by atoms with Gasteiger partial charge in [0.15, 0.2) is 0 Å². The fraction of sp³-hybridized carbons (Fsp3) is 1.00. The highest BCUT2D eigenvalue weighted by atomic mass is 15.3. The molecule has 118 valence electrons. The van der Waals surface area contributed by atoms with Crippen molar-refractivity contribution < 1.29 is 0 Å². The minimum absolute atomic E-state index is 0.258. The van der Waals surface area contributed by atoms with Crippen molar-refractivity contribution in [3.05, 3.63) is 0 Å². The number of hydrogen-bond acceptors (Lipinski definition) is 3. The van der Waals surface area contributed by atoms with Crippen LogP contribution in [0.25, 0.3) is 0 Å². The third kappa shape index (κ3) is 3.20. The molecule has 3 N–H and O–H groups in total. The van der Waals surface area contributed by atoms with Crippen molar-refractivity contribution in [2.24, 2.45) is 23.6 Å². The molecule has 0 saturated heterocycles. The van der Waals surface area contributed by atoms with E-state index in [1.54, 1.807) is 0 Å². The molecule has 20 heavy (non-hydrogen) atoms. The maximum absolute atomic E-state index is 6.07. The molecule has 0 aliphatic heterocycles. The van der Waals surface area contributed by atoms with Crippen LogP contribution in [-0.4, -0.2) is 30.6 Å². The summed E-state index contributed by atoms with van der Waals surface area (Å²) in [5.74, 6) is 8.51. The van der Waals surface area contributed by atoms with Gasteiger partial charge in [0.2, 0.25) is 0 Å². The molecule has 2 saturated carbocycles. The first-order valence-electron chi connectivity index (χ1n) is 8.63. The summed E-state index contributed by atoms with van der Waals surface area (Å²) in [5, 5.41) is 0. The molecule has 2 aliphatic carbocycles. The Kier molecular flexibility index (Phi) is 5.49. The van der Waals surface area contributed by atoms with Crippen molar-refractivity contribution in [2.75, 3.05) is 14.1 Å². The Bertz CT molecular complexity index is 305. The van der Waals surface area contributed by atoms with E-state index in [9.17, 15) is 0 Å². The fourth-order valence-electron chi connectivity index (χ4n) is 5.04. The van der Waals surface area contributed by atoms with Crippen molar-refractivity contribution in [3.63, 3.8) is 0 Å². The van der Waals surface area contributed by atoms with E-state index in [0.29, 0.717) is 6.04 Å². The summed E-state index contributed by atoms with van der Waals surface area (Å²) in [5.41, 5.74) is 3.52. The average Bonchev–Trinajstić information content (AvgIpc) is 2.39. The monoisotopic (exact) mass is 281 g/mol. The van der Waals surface area contributed by atoms with Crippen molar-refractivity contribution in [2.45, 2.75) is 76.8 Å². The Morgan fingerprint density at radius 2 is 1.80 bits per heavy atom. The summed E-state index contributed by atoms with van der Waals surface area (Å²) >= 11 is 0. The molecule has 0 aromatic rings. The van der Waals surface area contributed by atoms with Crippen molar-refractivity contribution in [3.8, 4) is 0 Å². The molecule has 0 aromatic carbocycles. The third-order valence-corrected chi connectivity index (χ3v) is 6.11. The van der Waals surface area contributed by atoms with E-state index in [1.807, 2.05) is 0 Å². The highest BCUT2D eigenvalue weighted by molar-refractivity contribution is 5.04. The van der Waals surface area contributed by atoms with E-state index in [2.05, 4.69) is 38.3 Å². The van der Waals surface area contributed by atoms with Gasteiger partial charge in [-0.05, 0) is 57.5 Å². The van der Waals surface area contributed by atoms with Gasteiger partial charge in [0, 0.05) is 11.6 Å². The van der Waals surface area contributed by atoms with Gasteiger partial charge in [0.05, 0.1) is 0 Å². The topological polar surface area (TPSA) is 41.3 Å². The normalized spacial score (nSPS) is 40.8. The Balaban J connectivity index is 2.20. The quantitative estimate of drug-likeness (QED) is 0.614. The smallest absolute Gasteiger partial charge is 0.0422 e. The molecule has 3 nitrogen and oxygen atoms in total. The number of nitrogens with two attached hydrogens (primary N) is 1. The maximum atomic E-state index is 6.07. The van der Waals surface area contributed by atoms with Crippen molar-refractivity contribution in [1.82, 2.24) is 10.3 Å². The fourth-order valence-corrected chi connectivity index (χ4v) is 5.04. The molecule has 0 radical (unpaired) electrons. The lowest BCUT2D eigenvalue weighted by molar-refractivity contribution is 0.00418. The molecular weight excluding hydrogens is 246 g/mol. The van der Waals surface area contributed by atoms with E-state index >= 15 is 0 Å². The predicted molar refractivity (Wildman–Crippen MR) is 86.3 cm³/mol. The molecule has 0 amide bonds. The Morgan fingerprint density at radius 3 is 2.35 bits per heavy atom. The first kappa shape index (κ1) is 16.3. The average molecular weight is 281 g/mol. The van der Waals surface area contributed by atoms with E-state index < -0.39 is 0 Å². The van der Waals surface area contributed by atoms with Gasteiger partial charge in [-0.1, -0.05) is 39.5 Å². The lowest BCUT2D eigenvalue weighted by Gasteiger charge is -2.53. The second kappa shape index (κ2) is 6.76. The standard InChI is InChI=1S/C17H35N3/c1-13-7-5-9-15(11-13)16(19-18)17(20(3)4)10-6-8-14(2)12-17/h13-16,19H,5-12,18H2,1-4H3. The van der Waals surface area contributed by atoms with Crippen molar-refractivity contribution >= 4 is 0 Å². The summed E-state index contributed by atoms with van der Waals surface area (Å²) in [6.45, 7) is 4.82. The van der Waals surface area contributed by atoms with Gasteiger partial charge in [0.1, 0.15) is 0 Å². The lowest BCUT2D eigenvalue weighted by Crippen LogP contribution is -2.65. The summed E-state index contributed by atoms with van der Waals surface area (Å²) in [6, 6.07) is 0.447. The van der Waals surface area contributed by atoms with E-state index in [-0.39, 0.29) is 5.54 Å². The molecule has 2 fully saturated rings. The van der Waals surface area contributed by atoms with Gasteiger partial charge in [-0.3, -0.25) is 11.3 Å². The molecule has 0 heterocycles. The Labute approximate surface area is 125 Å². The van der Waals surface area contributed by atoms with Crippen LogP contribution in [0.4, 0.5) is 0 Å². The number of hydrazine groups is 1. The number of likely N-dealkylation sites (N-methyl/N-ethyl adjacent to an activating group) is 1. The van der Waals surface area contributed by atoms with Crippen LogP contribution < -0.4 is 11.3 Å². The van der Waals surface area contributed by atoms with Crippen LogP contribution in [-0.2, 0) is 0 Å². The SMILES string of the molecule is CC1CCCC(C(NN)C2(N(C)C)CCCC(C)C2)C1. The van der Waals surface area contributed by atoms with Crippen LogP contribution in [0.3, 0.4) is 0 Å². The molecule has 0 spiro atoms. The zero-order valence-electron chi connectivity index (χ0n) is 14.0. The van der Waals surface area contributed by atoms with E-state index in [0.717, 1.165) is 17.8 Å². The van der Waals surface area contributed by atoms with Gasteiger partial charge in [-0.2, -0.15) is 0 Å². The highest BCUT2D eigenvalue weighted by Gasteiger charge is 2.46. The van der Waals surface area contributed by atoms with Crippen LogP contribution in [0, 0.1) is 17.8 Å². The van der Waals surface area contributed by atoms with Gasteiger partial charge in [-0.15, -0.1) is 0 Å². The van der Waals surface area contributed by atoms with Crippen LogP contribution in [0.15, 0.2) is 0 Å². The third-order valence-electron chi connectivity index (χ3n) is 6.11. The molecule has 0 bridgehead atoms. The van der Waals surface area contributed by atoms with Gasteiger partial charge in [0.25, 0.3) is 0 Å². The van der Waals surface area contributed by atoms with Gasteiger partial charge in [-0.25, -0.2) is 0 Å². The summed E-state index contributed by atoms with van der Waals surface area (Å²) in [7, 11) is 4.52. The number of rotatable bonds is 4. The summed E-state index contributed by atoms with van der Waals surface area (Å²) < 4.78 is 0. The molecule has 5 atom stereocenters. The first-order chi connectivity index (χ1) is 9.49. The minimum Gasteiger partial charge on any atom is -0.302 e. The lowest BCUT2D eigenvalue weighted by atomic mass is 9.65. The van der Waals surface area contributed by atoms with Gasteiger partial charge >= 0.3 is 0 Å². The number of hydrogen-bond donors (Lipinski definition) is 2. The Morgan fingerprint density at radius 1 is 1.10 bits per heavy atom. The Hall–Kier alpha value is -0.120. The van der Waals surface area contributed by atoms with E-state index in [4.69, 9.17) is 5.84 Å².